The lowest BCUT2D eigenvalue weighted by molar-refractivity contribution is -0.137. The van der Waals surface area contributed by atoms with E-state index in [1.807, 2.05) is 0 Å². The number of anilines is 2. The number of carbonyl (C=O) groups is 3. The summed E-state index contributed by atoms with van der Waals surface area (Å²) in [6, 6.07) is 7.02. The van der Waals surface area contributed by atoms with Crippen LogP contribution in [0.2, 0.25) is 0 Å². The average molecular weight is 577 g/mol. The number of halogens is 4. The Bertz CT molecular complexity index is 1080. The third-order valence-electron chi connectivity index (χ3n) is 5.05. The number of rotatable bonds is 5. The van der Waals surface area contributed by atoms with E-state index in [4.69, 9.17) is 4.74 Å². The minimum atomic E-state index is -4.87. The van der Waals surface area contributed by atoms with Crippen molar-refractivity contribution >= 4 is 51.9 Å². The van der Waals surface area contributed by atoms with Gasteiger partial charge >= 0.3 is 12.3 Å². The molecule has 0 radical (unpaired) electrons. The molecule has 0 saturated carbocycles. The fraction of sp³-hybridized carbons (Fsp3) is 0.286. The quantitative estimate of drug-likeness (QED) is 0.449. The van der Waals surface area contributed by atoms with Gasteiger partial charge in [0.05, 0.1) is 23.9 Å². The highest BCUT2D eigenvalue weighted by molar-refractivity contribution is 14.1. The van der Waals surface area contributed by atoms with Crippen LogP contribution in [-0.4, -0.2) is 47.6 Å². The first-order chi connectivity index (χ1) is 15.5. The average Bonchev–Trinajstić information content (AvgIpc) is 3.25. The smallest absolute Gasteiger partial charge is 0.418 e. The van der Waals surface area contributed by atoms with Gasteiger partial charge in [0, 0.05) is 15.8 Å². The molecule has 0 spiro atoms. The third kappa shape index (κ3) is 5.67. The SMILES string of the molecule is COc1ccc(NC(=O)c2cc(I)cc(C(F)(F)F)c2NC(=O)[C@@H]2CCCN2C(=O)O)cc1. The highest BCUT2D eigenvalue weighted by Gasteiger charge is 2.39. The topological polar surface area (TPSA) is 108 Å². The normalized spacial score (nSPS) is 15.8. The number of nitrogens with one attached hydrogen (secondary N) is 2. The lowest BCUT2D eigenvalue weighted by Crippen LogP contribution is -2.43. The van der Waals surface area contributed by atoms with Crippen LogP contribution in [0.1, 0.15) is 28.8 Å². The molecule has 8 nitrogen and oxygen atoms in total. The van der Waals surface area contributed by atoms with Crippen LogP contribution in [0.25, 0.3) is 0 Å². The number of nitrogens with zero attached hydrogens (tertiary/aromatic N) is 1. The van der Waals surface area contributed by atoms with Crippen LogP contribution in [0.15, 0.2) is 36.4 Å². The molecule has 33 heavy (non-hydrogen) atoms. The highest BCUT2D eigenvalue weighted by Crippen LogP contribution is 2.39. The number of carboxylic acid groups (broad SMARTS) is 1. The van der Waals surface area contributed by atoms with Crippen molar-refractivity contribution in [3.63, 3.8) is 0 Å². The van der Waals surface area contributed by atoms with Gasteiger partial charge in [-0.05, 0) is 71.8 Å². The van der Waals surface area contributed by atoms with Crippen LogP contribution >= 0.6 is 22.6 Å². The highest BCUT2D eigenvalue weighted by atomic mass is 127. The second kappa shape index (κ2) is 9.85. The van der Waals surface area contributed by atoms with Gasteiger partial charge in [-0.2, -0.15) is 13.2 Å². The summed E-state index contributed by atoms with van der Waals surface area (Å²) in [5.41, 5.74) is -2.03. The number of carbonyl (C=O) groups excluding carboxylic acids is 2. The first-order valence-corrected chi connectivity index (χ1v) is 10.8. The summed E-state index contributed by atoms with van der Waals surface area (Å²) in [4.78, 5) is 37.9. The van der Waals surface area contributed by atoms with Crippen LogP contribution in [0.3, 0.4) is 0 Å². The maximum Gasteiger partial charge on any atom is 0.418 e. The molecule has 0 aliphatic carbocycles. The van der Waals surface area contributed by atoms with Crippen LogP contribution in [0.4, 0.5) is 29.3 Å². The van der Waals surface area contributed by atoms with Crippen LogP contribution in [0, 0.1) is 3.57 Å². The summed E-state index contributed by atoms with van der Waals surface area (Å²) in [7, 11) is 1.46. The minimum Gasteiger partial charge on any atom is -0.497 e. The molecule has 1 aliphatic rings. The van der Waals surface area contributed by atoms with Crippen LogP contribution < -0.4 is 15.4 Å². The van der Waals surface area contributed by atoms with Gasteiger partial charge in [-0.15, -0.1) is 0 Å². The van der Waals surface area contributed by atoms with Crippen LogP contribution in [0.5, 0.6) is 5.75 Å². The zero-order valence-electron chi connectivity index (χ0n) is 17.2. The molecule has 1 atom stereocenters. The zero-order chi connectivity index (χ0) is 24.3. The van der Waals surface area contributed by atoms with Crippen LogP contribution in [-0.2, 0) is 11.0 Å². The second-order valence-electron chi connectivity index (χ2n) is 7.18. The lowest BCUT2D eigenvalue weighted by Gasteiger charge is -2.23. The number of methoxy groups -OCH3 is 1. The van der Waals surface area contributed by atoms with Gasteiger partial charge in [0.15, 0.2) is 0 Å². The number of benzene rings is 2. The number of amides is 3. The van der Waals surface area contributed by atoms with E-state index in [1.54, 1.807) is 34.7 Å². The number of hydrogen-bond donors (Lipinski definition) is 3. The summed E-state index contributed by atoms with van der Waals surface area (Å²) < 4.78 is 46.6. The maximum absolute atomic E-state index is 13.8. The van der Waals surface area contributed by atoms with Crippen molar-refractivity contribution in [2.45, 2.75) is 25.1 Å². The summed E-state index contributed by atoms with van der Waals surface area (Å²) >= 11 is 1.65. The van der Waals surface area contributed by atoms with Gasteiger partial charge in [-0.1, -0.05) is 0 Å². The molecule has 1 heterocycles. The fourth-order valence-corrected chi connectivity index (χ4v) is 4.11. The largest absolute Gasteiger partial charge is 0.497 e. The maximum atomic E-state index is 13.8. The molecule has 0 aromatic heterocycles. The van der Waals surface area contributed by atoms with Gasteiger partial charge in [0.25, 0.3) is 5.91 Å². The van der Waals surface area contributed by atoms with Gasteiger partial charge < -0.3 is 20.5 Å². The Balaban J connectivity index is 1.98. The molecule has 3 rings (SSSR count). The van der Waals surface area contributed by atoms with E-state index in [2.05, 4.69) is 10.6 Å². The summed E-state index contributed by atoms with van der Waals surface area (Å²) in [5.74, 6) is -1.28. The Hall–Kier alpha value is -3.03. The number of likely N-dealkylation sites (tertiary alicyclic amines) is 1. The van der Waals surface area contributed by atoms with Crippen molar-refractivity contribution in [1.82, 2.24) is 4.90 Å². The molecule has 1 aliphatic heterocycles. The molecular weight excluding hydrogens is 558 g/mol. The predicted octanol–water partition coefficient (Wildman–Crippen LogP) is 4.65. The number of alkyl halides is 3. The first kappa shape index (κ1) is 24.6. The summed E-state index contributed by atoms with van der Waals surface area (Å²) in [6.07, 6.45) is -5.66. The van der Waals surface area contributed by atoms with Crippen molar-refractivity contribution in [1.29, 1.82) is 0 Å². The zero-order valence-corrected chi connectivity index (χ0v) is 19.4. The third-order valence-corrected chi connectivity index (χ3v) is 5.67. The van der Waals surface area contributed by atoms with E-state index in [9.17, 15) is 32.7 Å². The standard InChI is InChI=1S/C21H19F3IN3O5/c1-33-13-6-4-12(5-7-13)26-18(29)14-9-11(25)10-15(21(22,23)24)17(14)27-19(30)16-3-2-8-28(16)20(31)32/h4-7,9-10,16H,2-3,8H2,1H3,(H,26,29)(H,27,30)(H,31,32)/t16-/m0/s1. The van der Waals surface area contributed by atoms with Gasteiger partial charge in [0.1, 0.15) is 11.8 Å². The number of hydrogen-bond acceptors (Lipinski definition) is 4. The van der Waals surface area contributed by atoms with E-state index in [0.717, 1.165) is 11.0 Å². The Morgan fingerprint density at radius 3 is 2.39 bits per heavy atom. The van der Waals surface area contributed by atoms with E-state index < -0.39 is 46.9 Å². The first-order valence-electron chi connectivity index (χ1n) is 9.68. The fourth-order valence-electron chi connectivity index (χ4n) is 3.49. The molecule has 0 bridgehead atoms. The van der Waals surface area contributed by atoms with Crippen molar-refractivity contribution in [3.05, 3.63) is 51.1 Å². The number of ether oxygens (including phenoxy) is 1. The Kier molecular flexibility index (Phi) is 7.34. The molecule has 2 aromatic rings. The van der Waals surface area contributed by atoms with E-state index in [0.29, 0.717) is 17.9 Å². The molecule has 1 fully saturated rings. The van der Waals surface area contributed by atoms with E-state index >= 15 is 0 Å². The molecule has 1 saturated heterocycles. The van der Waals surface area contributed by atoms with Crippen molar-refractivity contribution in [2.24, 2.45) is 0 Å². The second-order valence-corrected chi connectivity index (χ2v) is 8.43. The molecule has 176 valence electrons. The predicted molar refractivity (Wildman–Crippen MR) is 121 cm³/mol. The van der Waals surface area contributed by atoms with Gasteiger partial charge in [-0.3, -0.25) is 14.5 Å². The molecule has 0 unspecified atom stereocenters. The Morgan fingerprint density at radius 1 is 1.15 bits per heavy atom. The minimum absolute atomic E-state index is 0.0943. The summed E-state index contributed by atoms with van der Waals surface area (Å²) in [6.45, 7) is 0.0943. The summed E-state index contributed by atoms with van der Waals surface area (Å²) in [5, 5.41) is 13.9. The molecule has 3 N–H and O–H groups in total. The van der Waals surface area contributed by atoms with Crippen molar-refractivity contribution in [2.75, 3.05) is 24.3 Å². The molecule has 3 amide bonds. The van der Waals surface area contributed by atoms with Gasteiger partial charge in [0.2, 0.25) is 5.91 Å². The monoisotopic (exact) mass is 577 g/mol. The van der Waals surface area contributed by atoms with E-state index in [1.165, 1.54) is 25.3 Å². The van der Waals surface area contributed by atoms with Crippen molar-refractivity contribution in [3.8, 4) is 5.75 Å². The Morgan fingerprint density at radius 2 is 1.82 bits per heavy atom. The Labute approximate surface area is 200 Å². The van der Waals surface area contributed by atoms with Gasteiger partial charge in [-0.25, -0.2) is 4.79 Å². The molecule has 12 heteroatoms. The van der Waals surface area contributed by atoms with Crippen molar-refractivity contribution < 1.29 is 37.4 Å². The van der Waals surface area contributed by atoms with E-state index in [-0.39, 0.29) is 16.5 Å². The lowest BCUT2D eigenvalue weighted by atomic mass is 10.0. The molecule has 2 aromatic carbocycles. The molecular formula is C21H19F3IN3O5.